The summed E-state index contributed by atoms with van der Waals surface area (Å²) in [5.74, 6) is -1.29. The molecular formula is C18H20O4. The lowest BCUT2D eigenvalue weighted by molar-refractivity contribution is -0.112. The summed E-state index contributed by atoms with van der Waals surface area (Å²) in [5, 5.41) is 20.3. The maximum Gasteiger partial charge on any atom is 0.234 e. The molecular weight excluding hydrogens is 280 g/mol. The number of aliphatic hydroxyl groups is 2. The van der Waals surface area contributed by atoms with Gasteiger partial charge < -0.3 is 10.2 Å². The first kappa shape index (κ1) is 15.0. The average molecular weight is 300 g/mol. The van der Waals surface area contributed by atoms with Crippen molar-refractivity contribution in [2.24, 2.45) is 5.41 Å². The van der Waals surface area contributed by atoms with Crippen LogP contribution in [0.1, 0.15) is 54.4 Å². The standard InChI is InChI=1S/C18H20O4/c19-11-18(8-4-1-5-9-18)10-14-15(20)12-6-2-3-7-13(12)16(21)17(14)22/h2-3,6-7,19-20H,1,4-5,8-11H2. The number of carbonyl (C=O) groups excluding carboxylic acids is 2. The van der Waals surface area contributed by atoms with Gasteiger partial charge in [0, 0.05) is 23.3 Å². The number of rotatable bonds is 3. The fourth-order valence-electron chi connectivity index (χ4n) is 3.65. The van der Waals surface area contributed by atoms with E-state index in [1.807, 2.05) is 0 Å². The number of fused-ring (bicyclic) bond motifs is 1. The first-order chi connectivity index (χ1) is 10.6. The third-order valence-electron chi connectivity index (χ3n) is 4.99. The van der Waals surface area contributed by atoms with Crippen LogP contribution in [0.3, 0.4) is 0 Å². The number of hydrogen-bond acceptors (Lipinski definition) is 4. The Labute approximate surface area is 129 Å². The van der Waals surface area contributed by atoms with Crippen molar-refractivity contribution in [3.63, 3.8) is 0 Å². The second kappa shape index (κ2) is 5.69. The van der Waals surface area contributed by atoms with Crippen LogP contribution >= 0.6 is 0 Å². The summed E-state index contributed by atoms with van der Waals surface area (Å²) in [5.41, 5.74) is 0.463. The van der Waals surface area contributed by atoms with Crippen molar-refractivity contribution in [2.75, 3.05) is 6.61 Å². The van der Waals surface area contributed by atoms with Crippen molar-refractivity contribution in [3.8, 4) is 0 Å². The van der Waals surface area contributed by atoms with E-state index in [9.17, 15) is 19.8 Å². The molecule has 1 aromatic carbocycles. The Kier molecular flexibility index (Phi) is 3.87. The molecule has 0 amide bonds. The van der Waals surface area contributed by atoms with E-state index in [1.54, 1.807) is 24.3 Å². The van der Waals surface area contributed by atoms with Crippen molar-refractivity contribution in [3.05, 3.63) is 41.0 Å². The maximum absolute atomic E-state index is 12.4. The van der Waals surface area contributed by atoms with Gasteiger partial charge in [-0.05, 0) is 24.7 Å². The molecule has 4 heteroatoms. The summed E-state index contributed by atoms with van der Waals surface area (Å²) in [4.78, 5) is 24.6. The molecule has 2 N–H and O–H groups in total. The van der Waals surface area contributed by atoms with E-state index < -0.39 is 11.6 Å². The molecule has 116 valence electrons. The Hall–Kier alpha value is -1.94. The van der Waals surface area contributed by atoms with E-state index in [4.69, 9.17) is 0 Å². The SMILES string of the molecule is O=C1C(=O)c2ccccc2C(O)=C1CC1(CO)CCCCC1. The lowest BCUT2D eigenvalue weighted by atomic mass is 9.69. The molecule has 2 aliphatic rings. The highest BCUT2D eigenvalue weighted by Crippen LogP contribution is 2.43. The highest BCUT2D eigenvalue weighted by Gasteiger charge is 2.39. The number of benzene rings is 1. The van der Waals surface area contributed by atoms with Gasteiger partial charge in [-0.3, -0.25) is 9.59 Å². The van der Waals surface area contributed by atoms with Gasteiger partial charge in [-0.2, -0.15) is 0 Å². The van der Waals surface area contributed by atoms with Crippen LogP contribution in [0.5, 0.6) is 0 Å². The van der Waals surface area contributed by atoms with E-state index in [0.29, 0.717) is 5.56 Å². The average Bonchev–Trinajstić information content (AvgIpc) is 2.57. The third-order valence-corrected chi connectivity index (χ3v) is 4.99. The second-order valence-corrected chi connectivity index (χ2v) is 6.43. The van der Waals surface area contributed by atoms with Gasteiger partial charge in [-0.15, -0.1) is 0 Å². The molecule has 0 aromatic heterocycles. The zero-order valence-corrected chi connectivity index (χ0v) is 12.5. The van der Waals surface area contributed by atoms with Gasteiger partial charge in [0.1, 0.15) is 5.76 Å². The molecule has 0 unspecified atom stereocenters. The number of Topliss-reactive ketones (excluding diaryl/α,β-unsaturated/α-hetero) is 2. The summed E-state index contributed by atoms with van der Waals surface area (Å²) < 4.78 is 0. The monoisotopic (exact) mass is 300 g/mol. The fourth-order valence-corrected chi connectivity index (χ4v) is 3.65. The molecule has 1 fully saturated rings. The molecule has 0 atom stereocenters. The topological polar surface area (TPSA) is 74.6 Å². The van der Waals surface area contributed by atoms with Crippen LogP contribution in [0.2, 0.25) is 0 Å². The quantitative estimate of drug-likeness (QED) is 0.841. The Morgan fingerprint density at radius 1 is 0.955 bits per heavy atom. The molecule has 22 heavy (non-hydrogen) atoms. The van der Waals surface area contributed by atoms with Crippen LogP contribution in [-0.2, 0) is 4.79 Å². The lowest BCUT2D eigenvalue weighted by Crippen LogP contribution is -2.33. The highest BCUT2D eigenvalue weighted by molar-refractivity contribution is 6.52. The fraction of sp³-hybridized carbons (Fsp3) is 0.444. The predicted octanol–water partition coefficient (Wildman–Crippen LogP) is 3.05. The summed E-state index contributed by atoms with van der Waals surface area (Å²) in [6.45, 7) is -0.0209. The van der Waals surface area contributed by atoms with Gasteiger partial charge in [0.15, 0.2) is 0 Å². The Bertz CT molecular complexity index is 651. The minimum absolute atomic E-state index is 0.0209. The lowest BCUT2D eigenvalue weighted by Gasteiger charge is -2.36. The van der Waals surface area contributed by atoms with Crippen molar-refractivity contribution in [1.29, 1.82) is 0 Å². The normalized spacial score (nSPS) is 21.0. The van der Waals surface area contributed by atoms with Crippen molar-refractivity contribution < 1.29 is 19.8 Å². The minimum Gasteiger partial charge on any atom is -0.507 e. The van der Waals surface area contributed by atoms with Gasteiger partial charge >= 0.3 is 0 Å². The summed E-state index contributed by atoms with van der Waals surface area (Å²) in [6, 6.07) is 6.63. The maximum atomic E-state index is 12.4. The number of hydrogen-bond donors (Lipinski definition) is 2. The molecule has 1 saturated carbocycles. The van der Waals surface area contributed by atoms with Crippen molar-refractivity contribution >= 4 is 17.3 Å². The molecule has 0 bridgehead atoms. The first-order valence-corrected chi connectivity index (χ1v) is 7.79. The molecule has 0 aliphatic heterocycles. The molecule has 1 aromatic rings. The number of ketones is 2. The van der Waals surface area contributed by atoms with Crippen LogP contribution in [0.15, 0.2) is 29.8 Å². The van der Waals surface area contributed by atoms with Crippen LogP contribution in [0.25, 0.3) is 5.76 Å². The van der Waals surface area contributed by atoms with Crippen molar-refractivity contribution in [2.45, 2.75) is 38.5 Å². The van der Waals surface area contributed by atoms with E-state index in [0.717, 1.165) is 32.1 Å². The molecule has 3 rings (SSSR count). The zero-order valence-electron chi connectivity index (χ0n) is 12.5. The van der Waals surface area contributed by atoms with Gasteiger partial charge in [0.05, 0.1) is 0 Å². The predicted molar refractivity (Wildman–Crippen MR) is 82.5 cm³/mol. The smallest absolute Gasteiger partial charge is 0.234 e. The molecule has 4 nitrogen and oxygen atoms in total. The Morgan fingerprint density at radius 2 is 1.59 bits per heavy atom. The minimum atomic E-state index is -0.630. The van der Waals surface area contributed by atoms with Gasteiger partial charge in [-0.25, -0.2) is 0 Å². The molecule has 0 radical (unpaired) electrons. The van der Waals surface area contributed by atoms with E-state index in [2.05, 4.69) is 0 Å². The van der Waals surface area contributed by atoms with E-state index >= 15 is 0 Å². The highest BCUT2D eigenvalue weighted by atomic mass is 16.3. The zero-order chi connectivity index (χ0) is 15.7. The Morgan fingerprint density at radius 3 is 2.23 bits per heavy atom. The number of allylic oxidation sites excluding steroid dienone is 1. The largest absolute Gasteiger partial charge is 0.507 e. The molecule has 0 saturated heterocycles. The first-order valence-electron chi connectivity index (χ1n) is 7.79. The van der Waals surface area contributed by atoms with Gasteiger partial charge in [0.25, 0.3) is 0 Å². The van der Waals surface area contributed by atoms with E-state index in [1.165, 1.54) is 0 Å². The van der Waals surface area contributed by atoms with Crippen molar-refractivity contribution in [1.82, 2.24) is 0 Å². The van der Waals surface area contributed by atoms with Gasteiger partial charge in [0.2, 0.25) is 11.6 Å². The Balaban J connectivity index is 2.02. The molecule has 2 aliphatic carbocycles. The molecule has 0 spiro atoms. The van der Waals surface area contributed by atoms with Crippen LogP contribution in [0, 0.1) is 5.41 Å². The van der Waals surface area contributed by atoms with Gasteiger partial charge in [-0.1, -0.05) is 43.5 Å². The second-order valence-electron chi connectivity index (χ2n) is 6.43. The van der Waals surface area contributed by atoms with Crippen LogP contribution < -0.4 is 0 Å². The molecule has 0 heterocycles. The summed E-state index contributed by atoms with van der Waals surface area (Å²) in [6.07, 6.45) is 5.06. The number of aliphatic hydroxyl groups excluding tert-OH is 2. The summed E-state index contributed by atoms with van der Waals surface area (Å²) in [7, 11) is 0. The van der Waals surface area contributed by atoms with Crippen LogP contribution in [0.4, 0.5) is 0 Å². The number of carbonyl (C=O) groups is 2. The van der Waals surface area contributed by atoms with Crippen LogP contribution in [-0.4, -0.2) is 28.4 Å². The van der Waals surface area contributed by atoms with E-state index in [-0.39, 0.29) is 35.3 Å². The third kappa shape index (κ3) is 2.37. The summed E-state index contributed by atoms with van der Waals surface area (Å²) >= 11 is 0.